The van der Waals surface area contributed by atoms with Crippen molar-refractivity contribution in [1.29, 1.82) is 0 Å². The second kappa shape index (κ2) is 7.22. The van der Waals surface area contributed by atoms with Crippen LogP contribution in [0.1, 0.15) is 35.7 Å². The average molecular weight is 290 g/mol. The maximum Gasteiger partial charge on any atom is 0.310 e. The van der Waals surface area contributed by atoms with Crippen molar-refractivity contribution in [3.05, 3.63) is 35.4 Å². The quantitative estimate of drug-likeness (QED) is 0.835. The fourth-order valence-electron chi connectivity index (χ4n) is 2.73. The van der Waals surface area contributed by atoms with Gasteiger partial charge in [0.2, 0.25) is 5.91 Å². The van der Waals surface area contributed by atoms with Gasteiger partial charge < -0.3 is 10.5 Å². The molecule has 5 nitrogen and oxygen atoms in total. The van der Waals surface area contributed by atoms with Crippen molar-refractivity contribution in [2.45, 2.75) is 26.3 Å². The SMILES string of the molecule is CCOC(=O)[C@H]1CCCN(Cc2cccc(C(N)=O)c2)C1. The van der Waals surface area contributed by atoms with E-state index >= 15 is 0 Å². The second-order valence-electron chi connectivity index (χ2n) is 5.39. The summed E-state index contributed by atoms with van der Waals surface area (Å²) in [5, 5.41) is 0. The van der Waals surface area contributed by atoms with Crippen LogP contribution in [0, 0.1) is 5.92 Å². The summed E-state index contributed by atoms with van der Waals surface area (Å²) >= 11 is 0. The number of nitrogens with two attached hydrogens (primary N) is 1. The lowest BCUT2D eigenvalue weighted by atomic mass is 9.97. The molecule has 0 spiro atoms. The van der Waals surface area contributed by atoms with E-state index in [1.165, 1.54) is 0 Å². The normalized spacial score (nSPS) is 19.2. The van der Waals surface area contributed by atoms with Gasteiger partial charge in [0, 0.05) is 18.7 Å². The number of nitrogens with zero attached hydrogens (tertiary/aromatic N) is 1. The zero-order valence-corrected chi connectivity index (χ0v) is 12.4. The average Bonchev–Trinajstić information content (AvgIpc) is 2.48. The van der Waals surface area contributed by atoms with Gasteiger partial charge in [-0.15, -0.1) is 0 Å². The van der Waals surface area contributed by atoms with Crippen LogP contribution in [-0.2, 0) is 16.1 Å². The van der Waals surface area contributed by atoms with E-state index in [0.29, 0.717) is 18.7 Å². The molecule has 21 heavy (non-hydrogen) atoms. The number of carbonyl (C=O) groups excluding carboxylic acids is 2. The van der Waals surface area contributed by atoms with Gasteiger partial charge in [0.05, 0.1) is 12.5 Å². The molecule has 1 aromatic rings. The standard InChI is InChI=1S/C16H22N2O3/c1-2-21-16(20)14-7-4-8-18(11-14)10-12-5-3-6-13(9-12)15(17)19/h3,5-6,9,14H,2,4,7-8,10-11H2,1H3,(H2,17,19)/t14-/m0/s1. The molecule has 1 aromatic carbocycles. The van der Waals surface area contributed by atoms with Crippen molar-refractivity contribution < 1.29 is 14.3 Å². The highest BCUT2D eigenvalue weighted by molar-refractivity contribution is 5.92. The van der Waals surface area contributed by atoms with Crippen molar-refractivity contribution >= 4 is 11.9 Å². The van der Waals surface area contributed by atoms with E-state index in [1.54, 1.807) is 6.07 Å². The number of carbonyl (C=O) groups is 2. The predicted octanol–water partition coefficient (Wildman–Crippen LogP) is 1.56. The third-order valence-electron chi connectivity index (χ3n) is 3.74. The summed E-state index contributed by atoms with van der Waals surface area (Å²) in [5.41, 5.74) is 6.85. The lowest BCUT2D eigenvalue weighted by Crippen LogP contribution is -2.38. The molecule has 0 aliphatic carbocycles. The first-order valence-corrected chi connectivity index (χ1v) is 7.38. The fraction of sp³-hybridized carbons (Fsp3) is 0.500. The Balaban J connectivity index is 1.97. The molecule has 1 aliphatic rings. The summed E-state index contributed by atoms with van der Waals surface area (Å²) in [4.78, 5) is 25.3. The Kier molecular flexibility index (Phi) is 5.33. The van der Waals surface area contributed by atoms with Crippen LogP contribution >= 0.6 is 0 Å². The predicted molar refractivity (Wildman–Crippen MR) is 79.6 cm³/mol. The Morgan fingerprint density at radius 3 is 2.95 bits per heavy atom. The number of ether oxygens (including phenoxy) is 1. The van der Waals surface area contributed by atoms with Crippen molar-refractivity contribution in [3.63, 3.8) is 0 Å². The van der Waals surface area contributed by atoms with Gasteiger partial charge in [-0.2, -0.15) is 0 Å². The minimum atomic E-state index is -0.417. The number of hydrogen-bond donors (Lipinski definition) is 1. The van der Waals surface area contributed by atoms with Crippen LogP contribution in [0.25, 0.3) is 0 Å². The maximum absolute atomic E-state index is 11.8. The number of amides is 1. The molecule has 2 rings (SSSR count). The zero-order chi connectivity index (χ0) is 15.2. The largest absolute Gasteiger partial charge is 0.466 e. The summed E-state index contributed by atoms with van der Waals surface area (Å²) in [6.45, 7) is 4.64. The van der Waals surface area contributed by atoms with Gasteiger partial charge in [-0.3, -0.25) is 14.5 Å². The van der Waals surface area contributed by atoms with E-state index in [1.807, 2.05) is 25.1 Å². The van der Waals surface area contributed by atoms with E-state index in [0.717, 1.165) is 31.5 Å². The van der Waals surface area contributed by atoms with Crippen molar-refractivity contribution in [2.75, 3.05) is 19.7 Å². The molecule has 1 aliphatic heterocycles. The number of hydrogen-bond acceptors (Lipinski definition) is 4. The van der Waals surface area contributed by atoms with Crippen LogP contribution in [-0.4, -0.2) is 36.5 Å². The van der Waals surface area contributed by atoms with Crippen LogP contribution in [0.15, 0.2) is 24.3 Å². The molecular weight excluding hydrogens is 268 g/mol. The molecule has 1 amide bonds. The molecule has 0 saturated carbocycles. The van der Waals surface area contributed by atoms with E-state index in [9.17, 15) is 9.59 Å². The summed E-state index contributed by atoms with van der Waals surface area (Å²) in [7, 11) is 0. The Labute approximate surface area is 125 Å². The molecule has 2 N–H and O–H groups in total. The van der Waals surface area contributed by atoms with Gasteiger partial charge in [-0.1, -0.05) is 12.1 Å². The first-order valence-electron chi connectivity index (χ1n) is 7.38. The molecule has 1 heterocycles. The molecule has 1 saturated heterocycles. The topological polar surface area (TPSA) is 72.6 Å². The monoisotopic (exact) mass is 290 g/mol. The van der Waals surface area contributed by atoms with Gasteiger partial charge in [0.25, 0.3) is 0 Å². The number of benzene rings is 1. The fourth-order valence-corrected chi connectivity index (χ4v) is 2.73. The molecule has 1 atom stereocenters. The molecular formula is C16H22N2O3. The van der Waals surface area contributed by atoms with Gasteiger partial charge >= 0.3 is 5.97 Å². The summed E-state index contributed by atoms with van der Waals surface area (Å²) in [6, 6.07) is 7.34. The van der Waals surface area contributed by atoms with Crippen LogP contribution in [0.5, 0.6) is 0 Å². The van der Waals surface area contributed by atoms with E-state index in [-0.39, 0.29) is 11.9 Å². The molecule has 5 heteroatoms. The highest BCUT2D eigenvalue weighted by Gasteiger charge is 2.26. The molecule has 0 bridgehead atoms. The first-order chi connectivity index (χ1) is 10.1. The lowest BCUT2D eigenvalue weighted by Gasteiger charge is -2.31. The van der Waals surface area contributed by atoms with Crippen molar-refractivity contribution in [1.82, 2.24) is 4.90 Å². The van der Waals surface area contributed by atoms with Crippen LogP contribution < -0.4 is 5.73 Å². The van der Waals surface area contributed by atoms with Gasteiger partial charge in [-0.05, 0) is 44.0 Å². The van der Waals surface area contributed by atoms with Crippen LogP contribution in [0.2, 0.25) is 0 Å². The van der Waals surface area contributed by atoms with Crippen LogP contribution in [0.3, 0.4) is 0 Å². The molecule has 1 fully saturated rings. The number of primary amides is 1. The Morgan fingerprint density at radius 1 is 1.43 bits per heavy atom. The molecule has 0 aromatic heterocycles. The smallest absolute Gasteiger partial charge is 0.310 e. The number of piperidine rings is 1. The minimum absolute atomic E-state index is 0.0435. The number of rotatable bonds is 5. The zero-order valence-electron chi connectivity index (χ0n) is 12.4. The highest BCUT2D eigenvalue weighted by atomic mass is 16.5. The van der Waals surface area contributed by atoms with E-state index < -0.39 is 5.91 Å². The lowest BCUT2D eigenvalue weighted by molar-refractivity contribution is -0.150. The molecule has 0 radical (unpaired) electrons. The van der Waals surface area contributed by atoms with Gasteiger partial charge in [0.1, 0.15) is 0 Å². The number of esters is 1. The van der Waals surface area contributed by atoms with Crippen molar-refractivity contribution in [2.24, 2.45) is 11.7 Å². The third-order valence-corrected chi connectivity index (χ3v) is 3.74. The Morgan fingerprint density at radius 2 is 2.24 bits per heavy atom. The van der Waals surface area contributed by atoms with Crippen LogP contribution in [0.4, 0.5) is 0 Å². The highest BCUT2D eigenvalue weighted by Crippen LogP contribution is 2.20. The molecule has 114 valence electrons. The van der Waals surface area contributed by atoms with Crippen molar-refractivity contribution in [3.8, 4) is 0 Å². The third kappa shape index (κ3) is 4.29. The minimum Gasteiger partial charge on any atom is -0.466 e. The summed E-state index contributed by atoms with van der Waals surface area (Å²) in [5.74, 6) is -0.564. The number of likely N-dealkylation sites (tertiary alicyclic amines) is 1. The van der Waals surface area contributed by atoms with Gasteiger partial charge in [0.15, 0.2) is 0 Å². The Hall–Kier alpha value is -1.88. The second-order valence-corrected chi connectivity index (χ2v) is 5.39. The maximum atomic E-state index is 11.8. The summed E-state index contributed by atoms with van der Waals surface area (Å²) < 4.78 is 5.10. The Bertz CT molecular complexity index is 516. The van der Waals surface area contributed by atoms with E-state index in [2.05, 4.69) is 4.90 Å². The first kappa shape index (κ1) is 15.5. The summed E-state index contributed by atoms with van der Waals surface area (Å²) in [6.07, 6.45) is 1.87. The van der Waals surface area contributed by atoms with Gasteiger partial charge in [-0.25, -0.2) is 0 Å². The molecule has 0 unspecified atom stereocenters. The van der Waals surface area contributed by atoms with E-state index in [4.69, 9.17) is 10.5 Å².